The lowest BCUT2D eigenvalue weighted by molar-refractivity contribution is -0.120. The molecular formula is C17H18N4O3S. The number of aliphatic hydroxyl groups is 1. The van der Waals surface area contributed by atoms with E-state index in [1.54, 1.807) is 18.2 Å². The Morgan fingerprint density at radius 1 is 1.20 bits per heavy atom. The van der Waals surface area contributed by atoms with E-state index in [0.29, 0.717) is 18.5 Å². The van der Waals surface area contributed by atoms with Crippen LogP contribution >= 0.6 is 11.3 Å². The Labute approximate surface area is 148 Å². The summed E-state index contributed by atoms with van der Waals surface area (Å²) in [7, 11) is 0. The summed E-state index contributed by atoms with van der Waals surface area (Å²) in [5.74, 6) is -0.592. The fourth-order valence-corrected chi connectivity index (χ4v) is 3.23. The number of aromatic nitrogens is 2. The number of hydrogen-bond donors (Lipinski definition) is 3. The fraction of sp³-hybridized carbons (Fsp3) is 0.235. The van der Waals surface area contributed by atoms with Crippen molar-refractivity contribution >= 4 is 33.4 Å². The van der Waals surface area contributed by atoms with Crippen LogP contribution in [0.5, 0.6) is 0 Å². The highest BCUT2D eigenvalue weighted by molar-refractivity contribution is 7.20. The van der Waals surface area contributed by atoms with Crippen molar-refractivity contribution in [3.8, 4) is 5.13 Å². The highest BCUT2D eigenvalue weighted by Crippen LogP contribution is 2.25. The molecule has 0 aliphatic carbocycles. The minimum absolute atomic E-state index is 0.0203. The van der Waals surface area contributed by atoms with Gasteiger partial charge in [0, 0.05) is 31.1 Å². The number of nitrogens with one attached hydrogen (secondary N) is 2. The number of fused-ring (bicyclic) bond motifs is 1. The minimum Gasteiger partial charge on any atom is -0.396 e. The van der Waals surface area contributed by atoms with Gasteiger partial charge in [-0.15, -0.1) is 0 Å². The van der Waals surface area contributed by atoms with Crippen LogP contribution < -0.4 is 10.6 Å². The first-order valence-electron chi connectivity index (χ1n) is 7.87. The molecule has 8 heteroatoms. The summed E-state index contributed by atoms with van der Waals surface area (Å²) in [5.41, 5.74) is 1.31. The Balaban J connectivity index is 1.65. The molecule has 0 saturated heterocycles. The predicted molar refractivity (Wildman–Crippen MR) is 96.0 cm³/mol. The van der Waals surface area contributed by atoms with Crippen LogP contribution in [0.2, 0.25) is 0 Å². The van der Waals surface area contributed by atoms with E-state index in [2.05, 4.69) is 15.6 Å². The lowest BCUT2D eigenvalue weighted by Gasteiger charge is -2.06. The smallest absolute Gasteiger partial charge is 0.251 e. The van der Waals surface area contributed by atoms with E-state index in [1.165, 1.54) is 11.3 Å². The number of nitrogens with zero attached hydrogens (tertiary/aromatic N) is 2. The normalized spacial score (nSPS) is 10.8. The standard InChI is InChI=1S/C17H18N4O3S/c22-9-3-6-18-15(23)11-19-16(24)12-4-5-13-14(10-12)25-17(20-13)21-7-1-2-8-21/h1-2,4-5,7-8,10,22H,3,6,9,11H2,(H,18,23)(H,19,24). The zero-order chi connectivity index (χ0) is 17.6. The van der Waals surface area contributed by atoms with Gasteiger partial charge >= 0.3 is 0 Å². The Morgan fingerprint density at radius 2 is 2.00 bits per heavy atom. The molecule has 2 aromatic heterocycles. The molecular weight excluding hydrogens is 340 g/mol. The number of carbonyl (C=O) groups excluding carboxylic acids is 2. The topological polar surface area (TPSA) is 96.2 Å². The summed E-state index contributed by atoms with van der Waals surface area (Å²) in [6.45, 7) is 0.312. The fourth-order valence-electron chi connectivity index (χ4n) is 2.26. The third-order valence-corrected chi connectivity index (χ3v) is 4.56. The van der Waals surface area contributed by atoms with Gasteiger partial charge in [0.2, 0.25) is 5.91 Å². The molecule has 25 heavy (non-hydrogen) atoms. The average Bonchev–Trinajstić information content (AvgIpc) is 3.28. The van der Waals surface area contributed by atoms with E-state index in [-0.39, 0.29) is 25.0 Å². The number of hydrogen-bond acceptors (Lipinski definition) is 5. The summed E-state index contributed by atoms with van der Waals surface area (Å²) in [5, 5.41) is 14.7. The van der Waals surface area contributed by atoms with Crippen LogP contribution in [-0.4, -0.2) is 46.2 Å². The van der Waals surface area contributed by atoms with Gasteiger partial charge in [-0.05, 0) is 36.8 Å². The Morgan fingerprint density at radius 3 is 2.76 bits per heavy atom. The van der Waals surface area contributed by atoms with Gasteiger partial charge in [-0.25, -0.2) is 4.98 Å². The quantitative estimate of drug-likeness (QED) is 0.555. The molecule has 0 aliphatic heterocycles. The number of benzene rings is 1. The van der Waals surface area contributed by atoms with Gasteiger partial charge < -0.3 is 20.3 Å². The maximum atomic E-state index is 12.2. The summed E-state index contributed by atoms with van der Waals surface area (Å²) in [6.07, 6.45) is 4.33. The van der Waals surface area contributed by atoms with Crippen molar-refractivity contribution in [1.82, 2.24) is 20.2 Å². The third kappa shape index (κ3) is 4.23. The van der Waals surface area contributed by atoms with E-state index in [1.807, 2.05) is 29.1 Å². The Bertz CT molecular complexity index is 873. The molecule has 2 heterocycles. The molecule has 7 nitrogen and oxygen atoms in total. The van der Waals surface area contributed by atoms with Crippen molar-refractivity contribution in [2.75, 3.05) is 19.7 Å². The molecule has 2 amide bonds. The maximum absolute atomic E-state index is 12.2. The van der Waals surface area contributed by atoms with Crippen LogP contribution in [0.15, 0.2) is 42.7 Å². The molecule has 0 fully saturated rings. The highest BCUT2D eigenvalue weighted by atomic mass is 32.1. The van der Waals surface area contributed by atoms with Crippen LogP contribution in [0.25, 0.3) is 15.3 Å². The van der Waals surface area contributed by atoms with Gasteiger partial charge in [-0.1, -0.05) is 11.3 Å². The first-order valence-corrected chi connectivity index (χ1v) is 8.69. The molecule has 3 N–H and O–H groups in total. The van der Waals surface area contributed by atoms with E-state index in [0.717, 1.165) is 15.3 Å². The summed E-state index contributed by atoms with van der Waals surface area (Å²) < 4.78 is 2.82. The molecule has 0 bridgehead atoms. The number of carbonyl (C=O) groups is 2. The summed E-state index contributed by atoms with van der Waals surface area (Å²) in [6, 6.07) is 9.13. The molecule has 0 saturated carbocycles. The van der Waals surface area contributed by atoms with Crippen LogP contribution in [0.3, 0.4) is 0 Å². The summed E-state index contributed by atoms with van der Waals surface area (Å²) in [4.78, 5) is 28.3. The molecule has 3 aromatic rings. The predicted octanol–water partition coefficient (Wildman–Crippen LogP) is 1.32. The number of thiazole rings is 1. The van der Waals surface area contributed by atoms with Crippen molar-refractivity contribution in [2.45, 2.75) is 6.42 Å². The summed E-state index contributed by atoms with van der Waals surface area (Å²) >= 11 is 1.49. The molecule has 0 spiro atoms. The van der Waals surface area contributed by atoms with E-state index >= 15 is 0 Å². The van der Waals surface area contributed by atoms with Gasteiger partial charge in [-0.3, -0.25) is 9.59 Å². The van der Waals surface area contributed by atoms with Crippen molar-refractivity contribution in [3.05, 3.63) is 48.3 Å². The first-order chi connectivity index (χ1) is 12.2. The van der Waals surface area contributed by atoms with E-state index in [9.17, 15) is 9.59 Å². The zero-order valence-electron chi connectivity index (χ0n) is 13.4. The highest BCUT2D eigenvalue weighted by Gasteiger charge is 2.11. The van der Waals surface area contributed by atoms with Gasteiger partial charge in [0.15, 0.2) is 5.13 Å². The van der Waals surface area contributed by atoms with Crippen molar-refractivity contribution in [3.63, 3.8) is 0 Å². The van der Waals surface area contributed by atoms with Gasteiger partial charge in [0.1, 0.15) is 0 Å². The monoisotopic (exact) mass is 358 g/mol. The molecule has 0 aliphatic rings. The van der Waals surface area contributed by atoms with Crippen LogP contribution in [0.1, 0.15) is 16.8 Å². The van der Waals surface area contributed by atoms with Gasteiger partial charge in [0.25, 0.3) is 5.91 Å². The zero-order valence-corrected chi connectivity index (χ0v) is 14.3. The Hall–Kier alpha value is -2.71. The largest absolute Gasteiger partial charge is 0.396 e. The van der Waals surface area contributed by atoms with Gasteiger partial charge in [-0.2, -0.15) is 0 Å². The van der Waals surface area contributed by atoms with Crippen molar-refractivity contribution in [2.24, 2.45) is 0 Å². The van der Waals surface area contributed by atoms with Crippen LogP contribution in [0.4, 0.5) is 0 Å². The molecule has 0 radical (unpaired) electrons. The second-order valence-corrected chi connectivity index (χ2v) is 6.39. The third-order valence-electron chi connectivity index (χ3n) is 3.53. The SMILES string of the molecule is O=C(CNC(=O)c1ccc2nc(-n3cccc3)sc2c1)NCCCO. The molecule has 0 atom stereocenters. The minimum atomic E-state index is -0.310. The number of rotatable bonds is 7. The number of aliphatic hydroxyl groups excluding tert-OH is 1. The van der Waals surface area contributed by atoms with E-state index < -0.39 is 0 Å². The average molecular weight is 358 g/mol. The van der Waals surface area contributed by atoms with Crippen molar-refractivity contribution < 1.29 is 14.7 Å². The first kappa shape index (κ1) is 17.1. The van der Waals surface area contributed by atoms with Gasteiger partial charge in [0.05, 0.1) is 16.8 Å². The number of amides is 2. The second kappa shape index (κ2) is 7.91. The molecule has 1 aromatic carbocycles. The lowest BCUT2D eigenvalue weighted by atomic mass is 10.2. The van der Waals surface area contributed by atoms with Crippen LogP contribution in [-0.2, 0) is 4.79 Å². The second-order valence-electron chi connectivity index (χ2n) is 5.38. The lowest BCUT2D eigenvalue weighted by Crippen LogP contribution is -2.37. The van der Waals surface area contributed by atoms with Crippen LogP contribution in [0, 0.1) is 0 Å². The molecule has 3 rings (SSSR count). The van der Waals surface area contributed by atoms with Crippen molar-refractivity contribution in [1.29, 1.82) is 0 Å². The molecule has 0 unspecified atom stereocenters. The maximum Gasteiger partial charge on any atom is 0.251 e. The molecule has 130 valence electrons. The van der Waals surface area contributed by atoms with E-state index in [4.69, 9.17) is 5.11 Å². The Kier molecular flexibility index (Phi) is 5.42.